The molecule has 30 heavy (non-hydrogen) atoms. The summed E-state index contributed by atoms with van der Waals surface area (Å²) in [6.45, 7) is 5.36. The van der Waals surface area contributed by atoms with Gasteiger partial charge in [0.05, 0.1) is 6.61 Å². The van der Waals surface area contributed by atoms with Crippen molar-refractivity contribution < 1.29 is 4.74 Å². The molecule has 1 nitrogen and oxygen atoms in total. The molecule has 1 fully saturated rings. The maximum absolute atomic E-state index is 5.78. The second-order valence-corrected chi connectivity index (χ2v) is 10.0. The maximum atomic E-state index is 5.78. The first-order valence-electron chi connectivity index (χ1n) is 13.2. The van der Waals surface area contributed by atoms with Crippen molar-refractivity contribution in [3.63, 3.8) is 0 Å². The number of rotatable bonds is 12. The van der Waals surface area contributed by atoms with Crippen molar-refractivity contribution in [3.8, 4) is 5.75 Å². The van der Waals surface area contributed by atoms with Gasteiger partial charge >= 0.3 is 0 Å². The smallest absolute Gasteiger partial charge is 0.119 e. The third-order valence-electron chi connectivity index (χ3n) is 7.74. The molecular formula is C29H46O. The van der Waals surface area contributed by atoms with Crippen LogP contribution >= 0.6 is 0 Å². The van der Waals surface area contributed by atoms with Gasteiger partial charge in [0.1, 0.15) is 5.75 Å². The van der Waals surface area contributed by atoms with Crippen molar-refractivity contribution in [1.82, 2.24) is 0 Å². The highest BCUT2D eigenvalue weighted by atomic mass is 16.5. The van der Waals surface area contributed by atoms with Gasteiger partial charge in [0, 0.05) is 0 Å². The van der Waals surface area contributed by atoms with E-state index in [2.05, 4.69) is 44.2 Å². The van der Waals surface area contributed by atoms with Crippen LogP contribution in [0.5, 0.6) is 5.75 Å². The quantitative estimate of drug-likeness (QED) is 0.247. The van der Waals surface area contributed by atoms with E-state index in [0.29, 0.717) is 0 Å². The summed E-state index contributed by atoms with van der Waals surface area (Å²) in [6.07, 6.45) is 23.3. The molecule has 3 rings (SSSR count). The standard InChI is InChI=1S/C29H46O/c1-3-5-7-8-24-11-17-27(18-12-24)28-19-13-25(14-20-28)9-10-26-15-21-29(22-16-26)30-23-6-4-2/h13,15-16,21-22,24,27-28H,3-12,14,17-20,23H2,1-2H3/t24-,27-,28?. The number of aryl methyl sites for hydroxylation is 1. The minimum absolute atomic E-state index is 0.838. The van der Waals surface area contributed by atoms with Gasteiger partial charge in [-0.2, -0.15) is 0 Å². The first kappa shape index (κ1) is 23.4. The Balaban J connectivity index is 1.34. The average molecular weight is 411 g/mol. The number of unbranched alkanes of at least 4 members (excludes halogenated alkanes) is 3. The van der Waals surface area contributed by atoms with E-state index in [9.17, 15) is 0 Å². The lowest BCUT2D eigenvalue weighted by atomic mass is 9.70. The molecule has 1 heteroatoms. The van der Waals surface area contributed by atoms with E-state index in [1.807, 2.05) is 0 Å². The first-order valence-corrected chi connectivity index (χ1v) is 13.2. The highest BCUT2D eigenvalue weighted by Crippen LogP contribution is 2.41. The average Bonchev–Trinajstić information content (AvgIpc) is 2.80. The van der Waals surface area contributed by atoms with E-state index in [0.717, 1.165) is 36.5 Å². The summed E-state index contributed by atoms with van der Waals surface area (Å²) >= 11 is 0. The highest BCUT2D eigenvalue weighted by molar-refractivity contribution is 5.28. The zero-order valence-corrected chi connectivity index (χ0v) is 19.8. The molecule has 2 aliphatic carbocycles. The van der Waals surface area contributed by atoms with Crippen LogP contribution < -0.4 is 4.74 Å². The summed E-state index contributed by atoms with van der Waals surface area (Å²) in [7, 11) is 0. The fraction of sp³-hybridized carbons (Fsp3) is 0.724. The van der Waals surface area contributed by atoms with E-state index in [1.165, 1.54) is 95.5 Å². The van der Waals surface area contributed by atoms with Crippen LogP contribution in [0.2, 0.25) is 0 Å². The number of allylic oxidation sites excluding steroid dienone is 2. The number of benzene rings is 1. The predicted molar refractivity (Wildman–Crippen MR) is 130 cm³/mol. The molecule has 1 aromatic rings. The Bertz CT molecular complexity index is 606. The lowest BCUT2D eigenvalue weighted by molar-refractivity contribution is 0.185. The molecule has 0 aliphatic heterocycles. The zero-order chi connectivity index (χ0) is 21.0. The Morgan fingerprint density at radius 2 is 1.57 bits per heavy atom. The number of hydrogen-bond acceptors (Lipinski definition) is 1. The summed E-state index contributed by atoms with van der Waals surface area (Å²) in [5.41, 5.74) is 3.16. The Kier molecular flexibility index (Phi) is 10.3. The van der Waals surface area contributed by atoms with Gasteiger partial charge in [-0.3, -0.25) is 0 Å². The third-order valence-corrected chi connectivity index (χ3v) is 7.74. The molecule has 0 saturated heterocycles. The number of ether oxygens (including phenoxy) is 1. The second kappa shape index (κ2) is 13.2. The van der Waals surface area contributed by atoms with Gasteiger partial charge < -0.3 is 4.74 Å². The molecule has 0 aromatic heterocycles. The molecule has 0 heterocycles. The zero-order valence-electron chi connectivity index (χ0n) is 19.8. The fourth-order valence-corrected chi connectivity index (χ4v) is 5.59. The minimum atomic E-state index is 0.838. The normalized spacial score (nSPS) is 24.5. The Morgan fingerprint density at radius 3 is 2.23 bits per heavy atom. The van der Waals surface area contributed by atoms with Gasteiger partial charge in [-0.15, -0.1) is 0 Å². The first-order chi connectivity index (χ1) is 14.8. The highest BCUT2D eigenvalue weighted by Gasteiger charge is 2.28. The molecule has 168 valence electrons. The van der Waals surface area contributed by atoms with Crippen molar-refractivity contribution in [1.29, 1.82) is 0 Å². The summed E-state index contributed by atoms with van der Waals surface area (Å²) in [4.78, 5) is 0. The van der Waals surface area contributed by atoms with Crippen molar-refractivity contribution >= 4 is 0 Å². The van der Waals surface area contributed by atoms with Crippen molar-refractivity contribution in [2.24, 2.45) is 17.8 Å². The minimum Gasteiger partial charge on any atom is -0.494 e. The summed E-state index contributed by atoms with van der Waals surface area (Å²) in [6, 6.07) is 8.81. The molecule has 0 spiro atoms. The van der Waals surface area contributed by atoms with E-state index in [-0.39, 0.29) is 0 Å². The number of hydrogen-bond donors (Lipinski definition) is 0. The Morgan fingerprint density at radius 1 is 0.800 bits per heavy atom. The lowest BCUT2D eigenvalue weighted by Gasteiger charge is -2.35. The molecule has 0 N–H and O–H groups in total. The molecule has 2 aliphatic rings. The van der Waals surface area contributed by atoms with Gasteiger partial charge in [0.25, 0.3) is 0 Å². The summed E-state index contributed by atoms with van der Waals surface area (Å²) < 4.78 is 5.78. The monoisotopic (exact) mass is 410 g/mol. The molecule has 0 radical (unpaired) electrons. The Labute approximate surface area is 186 Å². The van der Waals surface area contributed by atoms with Crippen LogP contribution in [0, 0.1) is 17.8 Å². The maximum Gasteiger partial charge on any atom is 0.119 e. The third kappa shape index (κ3) is 7.78. The van der Waals surface area contributed by atoms with Gasteiger partial charge in [-0.25, -0.2) is 0 Å². The SMILES string of the molecule is CCCCC[C@H]1CC[C@H](C2CC=C(CCc3ccc(OCCCC)cc3)CC2)CC1. The van der Waals surface area contributed by atoms with E-state index in [1.54, 1.807) is 5.57 Å². The van der Waals surface area contributed by atoms with Crippen molar-refractivity contribution in [2.75, 3.05) is 6.61 Å². The predicted octanol–water partition coefficient (Wildman–Crippen LogP) is 8.91. The van der Waals surface area contributed by atoms with E-state index < -0.39 is 0 Å². The van der Waals surface area contributed by atoms with Gasteiger partial charge in [-0.1, -0.05) is 82.6 Å². The van der Waals surface area contributed by atoms with E-state index >= 15 is 0 Å². The van der Waals surface area contributed by atoms with Gasteiger partial charge in [-0.05, 0) is 86.8 Å². The van der Waals surface area contributed by atoms with Crippen LogP contribution in [-0.2, 0) is 6.42 Å². The summed E-state index contributed by atoms with van der Waals surface area (Å²) in [5, 5.41) is 0. The molecule has 0 amide bonds. The van der Waals surface area contributed by atoms with E-state index in [4.69, 9.17) is 4.74 Å². The van der Waals surface area contributed by atoms with Crippen LogP contribution in [0.25, 0.3) is 0 Å². The van der Waals surface area contributed by atoms with Crippen LogP contribution in [0.4, 0.5) is 0 Å². The topological polar surface area (TPSA) is 9.23 Å². The lowest BCUT2D eigenvalue weighted by Crippen LogP contribution is -2.23. The van der Waals surface area contributed by atoms with Crippen LogP contribution in [0.1, 0.15) is 109 Å². The second-order valence-electron chi connectivity index (χ2n) is 10.0. The molecule has 1 atom stereocenters. The molecular weight excluding hydrogens is 364 g/mol. The summed E-state index contributed by atoms with van der Waals surface area (Å²) in [5.74, 6) is 4.06. The van der Waals surface area contributed by atoms with Gasteiger partial charge in [0.15, 0.2) is 0 Å². The molecule has 1 aromatic carbocycles. The van der Waals surface area contributed by atoms with Gasteiger partial charge in [0.2, 0.25) is 0 Å². The molecule has 1 unspecified atom stereocenters. The van der Waals surface area contributed by atoms with Crippen LogP contribution in [-0.4, -0.2) is 6.61 Å². The van der Waals surface area contributed by atoms with Crippen molar-refractivity contribution in [3.05, 3.63) is 41.5 Å². The molecule has 1 saturated carbocycles. The molecule has 0 bridgehead atoms. The van der Waals surface area contributed by atoms with Crippen LogP contribution in [0.3, 0.4) is 0 Å². The largest absolute Gasteiger partial charge is 0.494 e. The fourth-order valence-electron chi connectivity index (χ4n) is 5.59. The Hall–Kier alpha value is -1.24. The van der Waals surface area contributed by atoms with Crippen molar-refractivity contribution in [2.45, 2.75) is 110 Å². The van der Waals surface area contributed by atoms with Crippen LogP contribution in [0.15, 0.2) is 35.9 Å².